The van der Waals surface area contributed by atoms with Crippen LogP contribution in [0.2, 0.25) is 0 Å². The van der Waals surface area contributed by atoms with Crippen LogP contribution >= 0.6 is 22.7 Å². The quantitative estimate of drug-likeness (QED) is 0.363. The molecule has 174 valence electrons. The first kappa shape index (κ1) is 25.2. The van der Waals surface area contributed by atoms with E-state index in [1.54, 1.807) is 27.7 Å². The molecule has 0 aliphatic rings. The Morgan fingerprint density at radius 2 is 1.62 bits per heavy atom. The van der Waals surface area contributed by atoms with Crippen LogP contribution in [0.5, 0.6) is 0 Å². The van der Waals surface area contributed by atoms with E-state index in [0.29, 0.717) is 6.42 Å². The number of amides is 3. The molecule has 3 amide bonds. The first-order valence-electron chi connectivity index (χ1n) is 9.73. The maximum absolute atomic E-state index is 12.3. The molecule has 0 spiro atoms. The van der Waals surface area contributed by atoms with E-state index in [-0.39, 0.29) is 47.1 Å². The molecular weight excluding hydrogens is 458 g/mol. The number of hydrogen-bond acceptors (Lipinski definition) is 10. The summed E-state index contributed by atoms with van der Waals surface area (Å²) < 4.78 is 9.96. The van der Waals surface area contributed by atoms with Crippen LogP contribution in [0.25, 0.3) is 0 Å². The highest BCUT2D eigenvalue weighted by Gasteiger charge is 2.17. The fourth-order valence-electron chi connectivity index (χ4n) is 2.16. The van der Waals surface area contributed by atoms with Gasteiger partial charge in [0.15, 0.2) is 16.0 Å². The molecule has 0 fully saturated rings. The number of nitrogens with zero attached hydrogens (tertiary/aromatic N) is 2. The number of hydrogen-bond donors (Lipinski definition) is 3. The van der Waals surface area contributed by atoms with Crippen LogP contribution in [0.4, 0.5) is 15.1 Å². The number of esters is 1. The summed E-state index contributed by atoms with van der Waals surface area (Å²) in [6.45, 7) is 7.49. The molecule has 2 aromatic rings. The van der Waals surface area contributed by atoms with Gasteiger partial charge in [-0.15, -0.1) is 22.7 Å². The molecule has 0 saturated carbocycles. The van der Waals surface area contributed by atoms with Gasteiger partial charge in [0.25, 0.3) is 5.91 Å². The third-order valence-corrected chi connectivity index (χ3v) is 4.96. The van der Waals surface area contributed by atoms with Gasteiger partial charge in [0, 0.05) is 23.7 Å². The summed E-state index contributed by atoms with van der Waals surface area (Å²) in [5, 5.41) is 11.2. The molecule has 13 heteroatoms. The highest BCUT2D eigenvalue weighted by molar-refractivity contribution is 7.14. The van der Waals surface area contributed by atoms with E-state index in [1.807, 2.05) is 0 Å². The van der Waals surface area contributed by atoms with Crippen molar-refractivity contribution in [2.75, 3.05) is 23.8 Å². The number of carbonyl (C=O) groups excluding carboxylic acids is 4. The Hall–Kier alpha value is -3.06. The highest BCUT2D eigenvalue weighted by Crippen LogP contribution is 2.20. The Morgan fingerprint density at radius 3 is 2.28 bits per heavy atom. The van der Waals surface area contributed by atoms with Gasteiger partial charge in [0.05, 0.1) is 6.61 Å². The summed E-state index contributed by atoms with van der Waals surface area (Å²) in [4.78, 5) is 55.6. The minimum atomic E-state index is -0.584. The fourth-order valence-corrected chi connectivity index (χ4v) is 3.54. The predicted molar refractivity (Wildman–Crippen MR) is 120 cm³/mol. The van der Waals surface area contributed by atoms with Crippen LogP contribution in [0.1, 0.15) is 61.5 Å². The van der Waals surface area contributed by atoms with Gasteiger partial charge in [0.1, 0.15) is 11.3 Å². The van der Waals surface area contributed by atoms with Gasteiger partial charge in [-0.1, -0.05) is 0 Å². The van der Waals surface area contributed by atoms with Crippen LogP contribution in [-0.2, 0) is 14.3 Å². The van der Waals surface area contributed by atoms with Gasteiger partial charge in [0.2, 0.25) is 5.91 Å². The van der Waals surface area contributed by atoms with Gasteiger partial charge < -0.3 is 20.1 Å². The van der Waals surface area contributed by atoms with Crippen molar-refractivity contribution in [2.45, 2.75) is 46.1 Å². The van der Waals surface area contributed by atoms with E-state index in [4.69, 9.17) is 9.47 Å². The van der Waals surface area contributed by atoms with Crippen LogP contribution in [-0.4, -0.2) is 52.6 Å². The van der Waals surface area contributed by atoms with Crippen LogP contribution in [0, 0.1) is 0 Å². The fraction of sp³-hybridized carbons (Fsp3) is 0.474. The molecule has 11 nitrogen and oxygen atoms in total. The van der Waals surface area contributed by atoms with Crippen molar-refractivity contribution in [3.8, 4) is 0 Å². The maximum Gasteiger partial charge on any atom is 0.407 e. The predicted octanol–water partition coefficient (Wildman–Crippen LogP) is 3.27. The SMILES string of the molecule is CCOC(=O)c1csc(NC(=O)c2csc(NC(=O)CCCNC(=O)OC(C)(C)C)n2)n1. The third-order valence-electron chi connectivity index (χ3n) is 3.44. The second-order valence-electron chi connectivity index (χ2n) is 7.33. The molecule has 0 atom stereocenters. The van der Waals surface area contributed by atoms with E-state index < -0.39 is 23.6 Å². The highest BCUT2D eigenvalue weighted by atomic mass is 32.1. The minimum Gasteiger partial charge on any atom is -0.461 e. The van der Waals surface area contributed by atoms with Gasteiger partial charge in [-0.25, -0.2) is 19.6 Å². The molecule has 0 radical (unpaired) electrons. The first-order valence-corrected chi connectivity index (χ1v) is 11.5. The molecule has 2 heterocycles. The zero-order chi connectivity index (χ0) is 23.7. The number of thiazole rings is 2. The van der Waals surface area contributed by atoms with Crippen LogP contribution < -0.4 is 16.0 Å². The Bertz CT molecular complexity index is 966. The summed E-state index contributed by atoms with van der Waals surface area (Å²) in [5.74, 6) is -1.38. The van der Waals surface area contributed by atoms with Gasteiger partial charge in [-0.2, -0.15) is 0 Å². The van der Waals surface area contributed by atoms with E-state index in [1.165, 1.54) is 10.8 Å². The summed E-state index contributed by atoms with van der Waals surface area (Å²) >= 11 is 2.18. The molecule has 2 aromatic heterocycles. The zero-order valence-corrected chi connectivity index (χ0v) is 19.8. The normalized spacial score (nSPS) is 10.9. The number of carbonyl (C=O) groups is 4. The number of rotatable bonds is 9. The summed E-state index contributed by atoms with van der Waals surface area (Å²) in [6, 6.07) is 0. The summed E-state index contributed by atoms with van der Waals surface area (Å²) in [6.07, 6.45) is 0.0339. The monoisotopic (exact) mass is 483 g/mol. The molecule has 32 heavy (non-hydrogen) atoms. The number of aromatic nitrogens is 2. The molecule has 0 aliphatic heterocycles. The van der Waals surface area contributed by atoms with Gasteiger partial charge in [-0.3, -0.25) is 14.9 Å². The first-order chi connectivity index (χ1) is 15.1. The molecule has 2 rings (SSSR count). The number of anilines is 2. The van der Waals surface area contributed by atoms with E-state index >= 15 is 0 Å². The Labute approximate surface area is 192 Å². The second kappa shape index (κ2) is 11.5. The molecule has 0 unspecified atom stereocenters. The van der Waals surface area contributed by atoms with Crippen molar-refractivity contribution in [3.05, 3.63) is 22.1 Å². The second-order valence-corrected chi connectivity index (χ2v) is 9.05. The topological polar surface area (TPSA) is 149 Å². The van der Waals surface area contributed by atoms with Crippen molar-refractivity contribution in [3.63, 3.8) is 0 Å². The van der Waals surface area contributed by atoms with E-state index in [0.717, 1.165) is 22.7 Å². The lowest BCUT2D eigenvalue weighted by molar-refractivity contribution is -0.116. The minimum absolute atomic E-state index is 0.102. The lowest BCUT2D eigenvalue weighted by atomic mass is 10.2. The summed E-state index contributed by atoms with van der Waals surface area (Å²) in [5.41, 5.74) is -0.372. The molecule has 0 saturated heterocycles. The van der Waals surface area contributed by atoms with Crippen molar-refractivity contribution in [1.29, 1.82) is 0 Å². The number of alkyl carbamates (subject to hydrolysis) is 1. The standard InChI is InChI=1S/C19H25N5O6S2/c1-5-29-15(27)12-10-32-17(22-12)24-14(26)11-9-31-16(21-11)23-13(25)7-6-8-20-18(28)30-19(2,3)4/h9-10H,5-8H2,1-4H3,(H,20,28)(H,21,23,25)(H,22,24,26). The molecular formula is C19H25N5O6S2. The smallest absolute Gasteiger partial charge is 0.407 e. The molecule has 3 N–H and O–H groups in total. The van der Waals surface area contributed by atoms with Crippen molar-refractivity contribution < 1.29 is 28.7 Å². The van der Waals surface area contributed by atoms with Crippen LogP contribution in [0.3, 0.4) is 0 Å². The average molecular weight is 484 g/mol. The lowest BCUT2D eigenvalue weighted by Crippen LogP contribution is -2.33. The average Bonchev–Trinajstić information content (AvgIpc) is 3.34. The Balaban J connectivity index is 1.76. The maximum atomic E-state index is 12.3. The van der Waals surface area contributed by atoms with Crippen molar-refractivity contribution in [1.82, 2.24) is 15.3 Å². The van der Waals surface area contributed by atoms with Gasteiger partial charge >= 0.3 is 12.1 Å². The number of nitrogens with one attached hydrogen (secondary N) is 3. The zero-order valence-electron chi connectivity index (χ0n) is 18.1. The molecule has 0 aliphatic carbocycles. The molecule has 0 aromatic carbocycles. The molecule has 0 bridgehead atoms. The van der Waals surface area contributed by atoms with E-state index in [2.05, 4.69) is 25.9 Å². The Kier molecular flexibility index (Phi) is 9.08. The van der Waals surface area contributed by atoms with Gasteiger partial charge in [-0.05, 0) is 34.1 Å². The summed E-state index contributed by atoms with van der Waals surface area (Å²) in [7, 11) is 0. The largest absolute Gasteiger partial charge is 0.461 e. The number of ether oxygens (including phenoxy) is 2. The van der Waals surface area contributed by atoms with Crippen LogP contribution in [0.15, 0.2) is 10.8 Å². The lowest BCUT2D eigenvalue weighted by Gasteiger charge is -2.19. The van der Waals surface area contributed by atoms with Crippen molar-refractivity contribution in [2.24, 2.45) is 0 Å². The van der Waals surface area contributed by atoms with Crippen molar-refractivity contribution >= 4 is 56.8 Å². The van der Waals surface area contributed by atoms with E-state index in [9.17, 15) is 19.2 Å². The third kappa shape index (κ3) is 8.59. The Morgan fingerprint density at radius 1 is 1.00 bits per heavy atom.